The molecule has 2 bridgehead atoms. The lowest BCUT2D eigenvalue weighted by molar-refractivity contribution is 0.0170. The largest absolute Gasteiger partial charge is 0.253 e. The van der Waals surface area contributed by atoms with Crippen molar-refractivity contribution in [2.45, 2.75) is 32.6 Å². The molecule has 0 spiro atoms. The van der Waals surface area contributed by atoms with Crippen LogP contribution in [-0.4, -0.2) is 4.98 Å². The molecule has 0 aliphatic heterocycles. The van der Waals surface area contributed by atoms with Gasteiger partial charge in [0.1, 0.15) is 5.82 Å². The minimum Gasteiger partial charge on any atom is -0.253 e. The smallest absolute Gasteiger partial charge is 0.123 e. The maximum Gasteiger partial charge on any atom is 0.123 e. The van der Waals surface area contributed by atoms with E-state index in [-0.39, 0.29) is 5.82 Å². The van der Waals surface area contributed by atoms with Gasteiger partial charge in [-0.2, -0.15) is 0 Å². The second-order valence-corrected chi connectivity index (χ2v) is 6.75. The van der Waals surface area contributed by atoms with Crippen molar-refractivity contribution in [2.75, 3.05) is 0 Å². The van der Waals surface area contributed by atoms with Crippen LogP contribution >= 0.6 is 0 Å². The van der Waals surface area contributed by atoms with Crippen LogP contribution in [0.1, 0.15) is 37.4 Å². The van der Waals surface area contributed by atoms with Gasteiger partial charge in [-0.25, -0.2) is 4.39 Å². The standard InChI is InChI=1S/C18H18FN/c1-18(2)12-9-15(18)14-7-8-16(20-17(14)10-12)11-3-5-13(19)6-4-11/h3-8,12,15H,9-10H2,1-2H3. The topological polar surface area (TPSA) is 12.9 Å². The van der Waals surface area contributed by atoms with Crippen LogP contribution < -0.4 is 0 Å². The summed E-state index contributed by atoms with van der Waals surface area (Å²) in [7, 11) is 0. The Hall–Kier alpha value is -1.70. The number of rotatable bonds is 1. The molecule has 1 fully saturated rings. The molecule has 2 heteroatoms. The van der Waals surface area contributed by atoms with Gasteiger partial charge < -0.3 is 0 Å². The van der Waals surface area contributed by atoms with Crippen LogP contribution in [0, 0.1) is 17.2 Å². The molecule has 0 amide bonds. The maximum absolute atomic E-state index is 13.0. The third-order valence-corrected chi connectivity index (χ3v) is 5.44. The lowest BCUT2D eigenvalue weighted by Crippen LogP contribution is -2.48. The summed E-state index contributed by atoms with van der Waals surface area (Å²) in [5.41, 5.74) is 5.08. The van der Waals surface area contributed by atoms with Gasteiger partial charge in [0.2, 0.25) is 0 Å². The number of halogens is 1. The van der Waals surface area contributed by atoms with Gasteiger partial charge in [0.25, 0.3) is 0 Å². The molecule has 3 aliphatic carbocycles. The number of hydrogen-bond acceptors (Lipinski definition) is 1. The van der Waals surface area contributed by atoms with Gasteiger partial charge in [-0.3, -0.25) is 4.98 Å². The molecular weight excluding hydrogens is 249 g/mol. The summed E-state index contributed by atoms with van der Waals surface area (Å²) >= 11 is 0. The Morgan fingerprint density at radius 2 is 1.85 bits per heavy atom. The van der Waals surface area contributed by atoms with Crippen LogP contribution in [0.15, 0.2) is 36.4 Å². The highest BCUT2D eigenvalue weighted by atomic mass is 19.1. The molecule has 2 unspecified atom stereocenters. The number of pyridine rings is 1. The van der Waals surface area contributed by atoms with Crippen LogP contribution in [0.2, 0.25) is 0 Å². The highest BCUT2D eigenvalue weighted by Crippen LogP contribution is 2.61. The van der Waals surface area contributed by atoms with Crippen LogP contribution in [-0.2, 0) is 6.42 Å². The second kappa shape index (κ2) is 3.91. The molecule has 2 aromatic rings. The van der Waals surface area contributed by atoms with Gasteiger partial charge in [-0.1, -0.05) is 19.9 Å². The Balaban J connectivity index is 1.75. The Morgan fingerprint density at radius 3 is 2.55 bits per heavy atom. The minimum atomic E-state index is -0.199. The average molecular weight is 267 g/mol. The third kappa shape index (κ3) is 1.57. The number of nitrogens with zero attached hydrogens (tertiary/aromatic N) is 1. The fraction of sp³-hybridized carbons (Fsp3) is 0.389. The highest BCUT2D eigenvalue weighted by molar-refractivity contribution is 5.60. The lowest BCUT2D eigenvalue weighted by Gasteiger charge is -2.56. The summed E-state index contributed by atoms with van der Waals surface area (Å²) in [6.45, 7) is 4.76. The van der Waals surface area contributed by atoms with Crippen molar-refractivity contribution >= 4 is 0 Å². The van der Waals surface area contributed by atoms with Gasteiger partial charge in [-0.15, -0.1) is 0 Å². The highest BCUT2D eigenvalue weighted by Gasteiger charge is 2.52. The fourth-order valence-corrected chi connectivity index (χ4v) is 3.90. The van der Waals surface area contributed by atoms with E-state index in [1.54, 1.807) is 12.1 Å². The molecule has 5 rings (SSSR count). The summed E-state index contributed by atoms with van der Waals surface area (Å²) in [5, 5.41) is 0. The summed E-state index contributed by atoms with van der Waals surface area (Å²) < 4.78 is 13.0. The first-order chi connectivity index (χ1) is 9.55. The predicted octanol–water partition coefficient (Wildman–Crippen LogP) is 4.57. The first-order valence-electron chi connectivity index (χ1n) is 7.31. The molecule has 2 atom stereocenters. The molecule has 3 aliphatic rings. The summed E-state index contributed by atoms with van der Waals surface area (Å²) in [4.78, 5) is 4.84. The van der Waals surface area contributed by atoms with Gasteiger partial charge in [0.05, 0.1) is 5.69 Å². The van der Waals surface area contributed by atoms with E-state index in [2.05, 4.69) is 26.0 Å². The molecule has 1 nitrogen and oxygen atoms in total. The predicted molar refractivity (Wildman–Crippen MR) is 78.0 cm³/mol. The Labute approximate surface area is 118 Å². The zero-order chi connectivity index (χ0) is 13.9. The van der Waals surface area contributed by atoms with Crippen molar-refractivity contribution in [1.82, 2.24) is 4.98 Å². The van der Waals surface area contributed by atoms with Crippen LogP contribution in [0.4, 0.5) is 4.39 Å². The van der Waals surface area contributed by atoms with Crippen molar-refractivity contribution in [3.8, 4) is 11.3 Å². The van der Waals surface area contributed by atoms with Gasteiger partial charge >= 0.3 is 0 Å². The minimum absolute atomic E-state index is 0.199. The molecule has 1 heterocycles. The molecular formula is C18H18FN. The van der Waals surface area contributed by atoms with Gasteiger partial charge in [0, 0.05) is 11.3 Å². The van der Waals surface area contributed by atoms with Crippen LogP contribution in [0.25, 0.3) is 11.3 Å². The number of aromatic nitrogens is 1. The molecule has 0 saturated heterocycles. The third-order valence-electron chi connectivity index (χ3n) is 5.44. The van der Waals surface area contributed by atoms with E-state index >= 15 is 0 Å². The first kappa shape index (κ1) is 12.1. The summed E-state index contributed by atoms with van der Waals surface area (Å²) in [6, 6.07) is 10.9. The molecule has 0 radical (unpaired) electrons. The average Bonchev–Trinajstić information content (AvgIpc) is 2.46. The Kier molecular flexibility index (Phi) is 2.36. The first-order valence-corrected chi connectivity index (χ1v) is 7.31. The molecule has 20 heavy (non-hydrogen) atoms. The van der Waals surface area contributed by atoms with E-state index in [1.807, 2.05) is 0 Å². The lowest BCUT2D eigenvalue weighted by atomic mass is 9.48. The summed E-state index contributed by atoms with van der Waals surface area (Å²) in [5.74, 6) is 1.25. The molecule has 1 aromatic carbocycles. The summed E-state index contributed by atoms with van der Waals surface area (Å²) in [6.07, 6.45) is 2.41. The zero-order valence-corrected chi connectivity index (χ0v) is 11.9. The number of hydrogen-bond donors (Lipinski definition) is 0. The number of benzene rings is 1. The Bertz CT molecular complexity index is 672. The monoisotopic (exact) mass is 267 g/mol. The zero-order valence-electron chi connectivity index (χ0n) is 11.9. The van der Waals surface area contributed by atoms with E-state index in [1.165, 1.54) is 29.8 Å². The van der Waals surface area contributed by atoms with Gasteiger partial charge in [-0.05, 0) is 66.0 Å². The van der Waals surface area contributed by atoms with E-state index < -0.39 is 0 Å². The molecule has 1 aromatic heterocycles. The second-order valence-electron chi connectivity index (χ2n) is 6.75. The van der Waals surface area contributed by atoms with E-state index in [4.69, 9.17) is 4.98 Å². The van der Waals surface area contributed by atoms with E-state index in [0.29, 0.717) is 11.3 Å². The van der Waals surface area contributed by atoms with Crippen molar-refractivity contribution < 1.29 is 4.39 Å². The van der Waals surface area contributed by atoms with Crippen molar-refractivity contribution in [1.29, 1.82) is 0 Å². The van der Waals surface area contributed by atoms with E-state index in [9.17, 15) is 4.39 Å². The maximum atomic E-state index is 13.0. The normalized spacial score (nSPS) is 25.8. The van der Waals surface area contributed by atoms with E-state index in [0.717, 1.165) is 23.6 Å². The van der Waals surface area contributed by atoms with Gasteiger partial charge in [0.15, 0.2) is 0 Å². The SMILES string of the molecule is CC1(C)C2Cc3nc(-c4ccc(F)cc4)ccc3C1C2. The molecule has 102 valence electrons. The van der Waals surface area contributed by atoms with Crippen molar-refractivity contribution in [2.24, 2.45) is 11.3 Å². The van der Waals surface area contributed by atoms with Crippen LogP contribution in [0.3, 0.4) is 0 Å². The van der Waals surface area contributed by atoms with Crippen molar-refractivity contribution in [3.05, 3.63) is 53.5 Å². The fourth-order valence-electron chi connectivity index (χ4n) is 3.90. The Morgan fingerprint density at radius 1 is 1.10 bits per heavy atom. The molecule has 0 N–H and O–H groups in total. The van der Waals surface area contributed by atoms with Crippen LogP contribution in [0.5, 0.6) is 0 Å². The quantitative estimate of drug-likeness (QED) is 0.737. The van der Waals surface area contributed by atoms with Crippen molar-refractivity contribution in [3.63, 3.8) is 0 Å². The molecule has 1 saturated carbocycles.